The number of carbonyl (C=O) groups excluding carboxylic acids is 1. The second-order valence-corrected chi connectivity index (χ2v) is 14.1. The van der Waals surface area contributed by atoms with Gasteiger partial charge in [0.2, 0.25) is 5.91 Å². The monoisotopic (exact) mass is 636 g/mol. The van der Waals surface area contributed by atoms with Gasteiger partial charge < -0.3 is 15.5 Å². The molecule has 1 amide bonds. The topological polar surface area (TPSA) is 69.6 Å². The van der Waals surface area contributed by atoms with E-state index in [0.717, 1.165) is 25.7 Å². The van der Waals surface area contributed by atoms with Gasteiger partial charge in [-0.25, -0.2) is 0 Å². The zero-order valence-electron chi connectivity index (χ0n) is 30.7. The first kappa shape index (κ1) is 44.1. The summed E-state index contributed by atoms with van der Waals surface area (Å²) < 4.78 is 0. The van der Waals surface area contributed by atoms with E-state index in [1.165, 1.54) is 173 Å². The van der Waals surface area contributed by atoms with Crippen LogP contribution in [-0.2, 0) is 4.79 Å². The van der Waals surface area contributed by atoms with Crippen molar-refractivity contribution in [2.45, 2.75) is 238 Å². The highest BCUT2D eigenvalue weighted by molar-refractivity contribution is 5.76. The molecule has 0 bridgehead atoms. The van der Waals surface area contributed by atoms with Crippen LogP contribution >= 0.6 is 0 Å². The van der Waals surface area contributed by atoms with E-state index >= 15 is 0 Å². The van der Waals surface area contributed by atoms with E-state index in [-0.39, 0.29) is 12.5 Å². The van der Waals surface area contributed by atoms with Crippen molar-refractivity contribution >= 4 is 5.91 Å². The number of carbonyl (C=O) groups is 1. The van der Waals surface area contributed by atoms with Gasteiger partial charge in [-0.05, 0) is 38.5 Å². The summed E-state index contributed by atoms with van der Waals surface area (Å²) in [5.41, 5.74) is 0. The Bertz CT molecular complexity index is 608. The third kappa shape index (κ3) is 34.3. The average Bonchev–Trinajstić information content (AvgIpc) is 3.04. The fraction of sp³-hybridized carbons (Fsp3) is 0.927. The minimum absolute atomic E-state index is 0.0352. The Morgan fingerprint density at radius 1 is 0.511 bits per heavy atom. The molecule has 0 aliphatic rings. The molecular weight excluding hydrogens is 554 g/mol. The van der Waals surface area contributed by atoms with Gasteiger partial charge in [0, 0.05) is 6.42 Å². The molecular formula is C41H81NO3. The van der Waals surface area contributed by atoms with Gasteiger partial charge in [-0.15, -0.1) is 0 Å². The summed E-state index contributed by atoms with van der Waals surface area (Å²) in [6.07, 6.45) is 45.7. The lowest BCUT2D eigenvalue weighted by molar-refractivity contribution is -0.123. The molecule has 0 aromatic heterocycles. The Labute approximate surface area is 282 Å². The molecule has 0 heterocycles. The number of nitrogens with one attached hydrogen (secondary N) is 1. The maximum atomic E-state index is 12.3. The Kier molecular flexibility index (Phi) is 36.9. The minimum atomic E-state index is -0.656. The molecule has 3 N–H and O–H groups in total. The molecule has 0 aromatic rings. The number of aliphatic hydroxyl groups is 2. The Hall–Kier alpha value is -0.870. The lowest BCUT2D eigenvalue weighted by Gasteiger charge is -2.22. The Morgan fingerprint density at radius 2 is 0.844 bits per heavy atom. The van der Waals surface area contributed by atoms with Crippen molar-refractivity contribution in [3.8, 4) is 0 Å². The summed E-state index contributed by atoms with van der Waals surface area (Å²) in [5.74, 6) is -0.0352. The Balaban J connectivity index is 3.49. The molecule has 268 valence electrons. The van der Waals surface area contributed by atoms with Crippen LogP contribution in [0.4, 0.5) is 0 Å². The molecule has 0 aliphatic heterocycles. The molecule has 0 radical (unpaired) electrons. The summed E-state index contributed by atoms with van der Waals surface area (Å²) in [5, 5.41) is 23.0. The zero-order chi connectivity index (χ0) is 32.9. The molecule has 0 aliphatic carbocycles. The molecule has 0 saturated carbocycles. The third-order valence-electron chi connectivity index (χ3n) is 9.53. The number of hydrogen-bond acceptors (Lipinski definition) is 3. The first-order valence-corrected chi connectivity index (χ1v) is 20.4. The van der Waals surface area contributed by atoms with E-state index in [1.54, 1.807) is 0 Å². The summed E-state index contributed by atoms with van der Waals surface area (Å²) in [7, 11) is 0. The SMILES string of the molecule is CCCCCCCCCCCCC/C=C\CCCCCCCCCC(=O)NC(CO)C(O)CCCCCCCCCCCCC. The van der Waals surface area contributed by atoms with Crippen LogP contribution in [0.3, 0.4) is 0 Å². The van der Waals surface area contributed by atoms with Crippen LogP contribution in [-0.4, -0.2) is 34.9 Å². The molecule has 0 spiro atoms. The van der Waals surface area contributed by atoms with Crippen molar-refractivity contribution < 1.29 is 15.0 Å². The first-order chi connectivity index (χ1) is 22.2. The summed E-state index contributed by atoms with van der Waals surface area (Å²) in [4.78, 5) is 12.3. The lowest BCUT2D eigenvalue weighted by atomic mass is 10.0. The van der Waals surface area contributed by atoms with Crippen LogP contribution in [0, 0.1) is 0 Å². The number of allylic oxidation sites excluding steroid dienone is 2. The number of rotatable bonds is 37. The normalized spacial score (nSPS) is 13.1. The smallest absolute Gasteiger partial charge is 0.220 e. The molecule has 0 rings (SSSR count). The van der Waals surface area contributed by atoms with Gasteiger partial charge in [0.1, 0.15) is 0 Å². The predicted octanol–water partition coefficient (Wildman–Crippen LogP) is 12.3. The minimum Gasteiger partial charge on any atom is -0.394 e. The molecule has 4 nitrogen and oxygen atoms in total. The van der Waals surface area contributed by atoms with Gasteiger partial charge in [-0.2, -0.15) is 0 Å². The van der Waals surface area contributed by atoms with Gasteiger partial charge in [0.25, 0.3) is 0 Å². The number of hydrogen-bond donors (Lipinski definition) is 3. The van der Waals surface area contributed by atoms with E-state index in [9.17, 15) is 15.0 Å². The number of amides is 1. The highest BCUT2D eigenvalue weighted by atomic mass is 16.3. The van der Waals surface area contributed by atoms with Crippen molar-refractivity contribution in [3.63, 3.8) is 0 Å². The highest BCUT2D eigenvalue weighted by Gasteiger charge is 2.19. The van der Waals surface area contributed by atoms with E-state index in [2.05, 4.69) is 31.3 Å². The Morgan fingerprint density at radius 3 is 1.22 bits per heavy atom. The van der Waals surface area contributed by atoms with Gasteiger partial charge in [-0.1, -0.05) is 193 Å². The molecule has 45 heavy (non-hydrogen) atoms. The van der Waals surface area contributed by atoms with E-state index in [4.69, 9.17) is 0 Å². The second kappa shape index (κ2) is 37.6. The molecule has 0 saturated heterocycles. The molecule has 4 heteroatoms. The fourth-order valence-corrected chi connectivity index (χ4v) is 6.36. The summed E-state index contributed by atoms with van der Waals surface area (Å²) >= 11 is 0. The summed E-state index contributed by atoms with van der Waals surface area (Å²) in [6, 6.07) is -0.533. The van der Waals surface area contributed by atoms with Crippen LogP contribution in [0.1, 0.15) is 226 Å². The molecule has 2 atom stereocenters. The lowest BCUT2D eigenvalue weighted by Crippen LogP contribution is -2.45. The second-order valence-electron chi connectivity index (χ2n) is 14.1. The molecule has 2 unspecified atom stereocenters. The van der Waals surface area contributed by atoms with Crippen LogP contribution in [0.15, 0.2) is 12.2 Å². The van der Waals surface area contributed by atoms with Crippen molar-refractivity contribution in [3.05, 3.63) is 12.2 Å². The van der Waals surface area contributed by atoms with Crippen LogP contribution in [0.5, 0.6) is 0 Å². The van der Waals surface area contributed by atoms with Gasteiger partial charge >= 0.3 is 0 Å². The van der Waals surface area contributed by atoms with E-state index < -0.39 is 12.1 Å². The molecule has 0 aromatic carbocycles. The van der Waals surface area contributed by atoms with Crippen molar-refractivity contribution in [1.29, 1.82) is 0 Å². The van der Waals surface area contributed by atoms with E-state index in [1.807, 2.05) is 0 Å². The zero-order valence-corrected chi connectivity index (χ0v) is 30.7. The van der Waals surface area contributed by atoms with Crippen LogP contribution in [0.2, 0.25) is 0 Å². The van der Waals surface area contributed by atoms with E-state index in [0.29, 0.717) is 12.8 Å². The fourth-order valence-electron chi connectivity index (χ4n) is 6.36. The number of unbranched alkanes of at least 4 members (excludes halogenated alkanes) is 28. The third-order valence-corrected chi connectivity index (χ3v) is 9.53. The van der Waals surface area contributed by atoms with Gasteiger partial charge in [-0.3, -0.25) is 4.79 Å². The standard InChI is InChI=1S/C41H81NO3/c1-3-5-7-9-11-13-15-16-17-18-19-20-21-22-23-24-25-27-29-31-33-35-37-41(45)42-39(38-43)40(44)36-34-32-30-28-26-14-12-10-8-6-4-2/h21-22,39-40,43-44H,3-20,23-38H2,1-2H3,(H,42,45)/b22-21-. The maximum Gasteiger partial charge on any atom is 0.220 e. The summed E-state index contributed by atoms with van der Waals surface area (Å²) in [6.45, 7) is 4.35. The maximum absolute atomic E-state index is 12.3. The van der Waals surface area contributed by atoms with Crippen molar-refractivity contribution in [1.82, 2.24) is 5.32 Å². The van der Waals surface area contributed by atoms with Crippen LogP contribution < -0.4 is 5.32 Å². The van der Waals surface area contributed by atoms with Gasteiger partial charge in [0.05, 0.1) is 18.8 Å². The molecule has 0 fully saturated rings. The quantitative estimate of drug-likeness (QED) is 0.0470. The van der Waals surface area contributed by atoms with Gasteiger partial charge in [0.15, 0.2) is 0 Å². The predicted molar refractivity (Wildman–Crippen MR) is 198 cm³/mol. The van der Waals surface area contributed by atoms with Crippen molar-refractivity contribution in [2.24, 2.45) is 0 Å². The highest BCUT2D eigenvalue weighted by Crippen LogP contribution is 2.15. The average molecular weight is 636 g/mol. The number of aliphatic hydroxyl groups excluding tert-OH is 2. The van der Waals surface area contributed by atoms with Crippen LogP contribution in [0.25, 0.3) is 0 Å². The largest absolute Gasteiger partial charge is 0.394 e. The first-order valence-electron chi connectivity index (χ1n) is 20.4. The van der Waals surface area contributed by atoms with Crippen molar-refractivity contribution in [2.75, 3.05) is 6.61 Å².